The normalized spacial score (nSPS) is 14.3. The Balaban J connectivity index is 1.22. The summed E-state index contributed by atoms with van der Waals surface area (Å²) in [5.74, 6) is 0.705. The summed E-state index contributed by atoms with van der Waals surface area (Å²) in [4.78, 5) is 16.5. The number of amides is 1. The molecule has 1 fully saturated rings. The summed E-state index contributed by atoms with van der Waals surface area (Å²) < 4.78 is 0. The van der Waals surface area contributed by atoms with E-state index in [-0.39, 0.29) is 5.91 Å². The number of nitrogens with one attached hydrogen (secondary N) is 2. The van der Waals surface area contributed by atoms with Crippen molar-refractivity contribution in [3.05, 3.63) is 83.7 Å². The summed E-state index contributed by atoms with van der Waals surface area (Å²) in [7, 11) is 0. The number of hydrogen-bond acceptors (Lipinski definition) is 3. The van der Waals surface area contributed by atoms with Crippen LogP contribution in [-0.2, 0) is 11.2 Å². The predicted octanol–water partition coefficient (Wildman–Crippen LogP) is 5.88. The van der Waals surface area contributed by atoms with Gasteiger partial charge in [0, 0.05) is 24.5 Å². The van der Waals surface area contributed by atoms with Gasteiger partial charge in [0.25, 0.3) is 0 Å². The second-order valence-corrected chi connectivity index (χ2v) is 8.78. The third kappa shape index (κ3) is 6.04. The summed E-state index contributed by atoms with van der Waals surface area (Å²) >= 11 is 0. The molecule has 1 aliphatic rings. The molecule has 1 amide bonds. The van der Waals surface area contributed by atoms with Gasteiger partial charge in [-0.25, -0.2) is 0 Å². The smallest absolute Gasteiger partial charge is 0.224 e. The molecule has 166 valence electrons. The van der Waals surface area contributed by atoms with Crippen molar-refractivity contribution in [3.63, 3.8) is 0 Å². The van der Waals surface area contributed by atoms with Crippen molar-refractivity contribution in [1.82, 2.24) is 10.3 Å². The molecule has 1 saturated heterocycles. The van der Waals surface area contributed by atoms with Gasteiger partial charge in [-0.3, -0.25) is 9.78 Å². The van der Waals surface area contributed by atoms with Gasteiger partial charge in [-0.2, -0.15) is 0 Å². The van der Waals surface area contributed by atoms with Crippen LogP contribution in [0, 0.1) is 6.92 Å². The Morgan fingerprint density at radius 1 is 0.969 bits per heavy atom. The second-order valence-electron chi connectivity index (χ2n) is 8.78. The van der Waals surface area contributed by atoms with Crippen LogP contribution in [0.4, 0.5) is 5.69 Å². The largest absolute Gasteiger partial charge is 0.326 e. The monoisotopic (exact) mass is 427 g/mol. The van der Waals surface area contributed by atoms with Gasteiger partial charge in [0.1, 0.15) is 0 Å². The molecule has 0 saturated carbocycles. The van der Waals surface area contributed by atoms with Crippen molar-refractivity contribution in [2.24, 2.45) is 0 Å². The first kappa shape index (κ1) is 22.2. The van der Waals surface area contributed by atoms with Crippen LogP contribution in [-0.4, -0.2) is 24.0 Å². The molecule has 4 nitrogen and oxygen atoms in total. The quantitative estimate of drug-likeness (QED) is 0.442. The molecule has 2 heterocycles. The molecule has 0 unspecified atom stereocenters. The molecule has 2 N–H and O–H groups in total. The zero-order chi connectivity index (χ0) is 22.2. The van der Waals surface area contributed by atoms with Crippen LogP contribution < -0.4 is 10.6 Å². The Kier molecular flexibility index (Phi) is 7.68. The van der Waals surface area contributed by atoms with Crippen molar-refractivity contribution in [2.45, 2.75) is 51.4 Å². The number of rotatable bonds is 8. The van der Waals surface area contributed by atoms with E-state index in [1.165, 1.54) is 40.7 Å². The molecule has 0 spiro atoms. The minimum Gasteiger partial charge on any atom is -0.326 e. The van der Waals surface area contributed by atoms with E-state index in [0.717, 1.165) is 38.0 Å². The number of piperidine rings is 1. The lowest BCUT2D eigenvalue weighted by Gasteiger charge is -2.25. The molecule has 0 atom stereocenters. The topological polar surface area (TPSA) is 54.0 Å². The van der Waals surface area contributed by atoms with Crippen LogP contribution in [0.3, 0.4) is 0 Å². The highest BCUT2D eigenvalue weighted by atomic mass is 16.1. The molecule has 32 heavy (non-hydrogen) atoms. The third-order valence-electron chi connectivity index (χ3n) is 6.43. The number of aryl methyl sites for hydroxylation is 2. The lowest BCUT2D eigenvalue weighted by Crippen LogP contribution is -2.27. The molecule has 2 aromatic carbocycles. The van der Waals surface area contributed by atoms with E-state index < -0.39 is 0 Å². The number of benzene rings is 2. The summed E-state index contributed by atoms with van der Waals surface area (Å²) in [6.45, 7) is 4.33. The molecule has 0 radical (unpaired) electrons. The fraction of sp³-hybridized carbons (Fsp3) is 0.357. The van der Waals surface area contributed by atoms with E-state index in [9.17, 15) is 4.79 Å². The number of nitrogens with zero attached hydrogens (tertiary/aromatic N) is 1. The van der Waals surface area contributed by atoms with Crippen molar-refractivity contribution in [2.75, 3.05) is 18.4 Å². The third-order valence-corrected chi connectivity index (χ3v) is 6.43. The van der Waals surface area contributed by atoms with Gasteiger partial charge in [0.2, 0.25) is 5.91 Å². The van der Waals surface area contributed by atoms with Crippen LogP contribution in [0.2, 0.25) is 0 Å². The van der Waals surface area contributed by atoms with Gasteiger partial charge < -0.3 is 10.6 Å². The fourth-order valence-corrected chi connectivity index (χ4v) is 4.54. The average molecular weight is 428 g/mol. The number of carbonyl (C=O) groups is 1. The molecule has 0 bridgehead atoms. The number of pyridine rings is 1. The Hall–Kier alpha value is -2.98. The molecule has 4 heteroatoms. The number of hydrogen-bond donors (Lipinski definition) is 2. The van der Waals surface area contributed by atoms with E-state index in [0.29, 0.717) is 12.3 Å². The van der Waals surface area contributed by atoms with Gasteiger partial charge in [-0.05, 0) is 110 Å². The van der Waals surface area contributed by atoms with Gasteiger partial charge in [0.15, 0.2) is 0 Å². The Morgan fingerprint density at radius 2 is 1.69 bits per heavy atom. The number of carbonyl (C=O) groups excluding carboxylic acids is 1. The van der Waals surface area contributed by atoms with Crippen molar-refractivity contribution < 1.29 is 4.79 Å². The van der Waals surface area contributed by atoms with Gasteiger partial charge in [0.05, 0.1) is 0 Å². The predicted molar refractivity (Wildman–Crippen MR) is 132 cm³/mol. The van der Waals surface area contributed by atoms with Crippen molar-refractivity contribution in [3.8, 4) is 11.1 Å². The molecular formula is C28H33N3O. The fourth-order valence-electron chi connectivity index (χ4n) is 4.54. The van der Waals surface area contributed by atoms with Crippen LogP contribution in [0.25, 0.3) is 11.1 Å². The average Bonchev–Trinajstić information content (AvgIpc) is 2.84. The Morgan fingerprint density at radius 3 is 2.44 bits per heavy atom. The minimum absolute atomic E-state index is 0.109. The summed E-state index contributed by atoms with van der Waals surface area (Å²) in [5.41, 5.74) is 7.35. The maximum Gasteiger partial charge on any atom is 0.224 e. The highest BCUT2D eigenvalue weighted by Gasteiger charge is 2.17. The van der Waals surface area contributed by atoms with Crippen LogP contribution in [0.1, 0.15) is 54.7 Å². The van der Waals surface area contributed by atoms with E-state index in [2.05, 4.69) is 58.9 Å². The molecule has 3 aromatic rings. The Bertz CT molecular complexity index is 1010. The summed E-state index contributed by atoms with van der Waals surface area (Å²) in [6, 6.07) is 19.1. The first-order valence-electron chi connectivity index (χ1n) is 11.8. The highest BCUT2D eigenvalue weighted by Crippen LogP contribution is 2.30. The molecule has 0 aliphatic carbocycles. The van der Waals surface area contributed by atoms with Crippen molar-refractivity contribution >= 4 is 11.6 Å². The van der Waals surface area contributed by atoms with E-state index >= 15 is 0 Å². The van der Waals surface area contributed by atoms with E-state index in [1.807, 2.05) is 30.6 Å². The molecular weight excluding hydrogens is 394 g/mol. The second kappa shape index (κ2) is 11.1. The highest BCUT2D eigenvalue weighted by molar-refractivity contribution is 5.90. The van der Waals surface area contributed by atoms with Gasteiger partial charge in [-0.15, -0.1) is 0 Å². The standard InChI is InChI=1S/C28H33N3O/c1-21-6-11-26(20-27(21)25-14-18-30-19-15-25)31-28(32)5-3-2-4-22-7-9-23(10-8-22)24-12-16-29-17-13-24/h6-13,16-17,20,25,30H,2-5,14-15,18-19H2,1H3,(H,31,32). The Labute approximate surface area is 191 Å². The minimum atomic E-state index is 0.109. The summed E-state index contributed by atoms with van der Waals surface area (Å²) in [5, 5.41) is 6.54. The number of unbranched alkanes of at least 4 members (excludes halogenated alkanes) is 1. The zero-order valence-electron chi connectivity index (χ0n) is 18.9. The van der Waals surface area contributed by atoms with Crippen molar-refractivity contribution in [1.29, 1.82) is 0 Å². The zero-order valence-corrected chi connectivity index (χ0v) is 18.9. The van der Waals surface area contributed by atoms with E-state index in [1.54, 1.807) is 0 Å². The number of aromatic nitrogens is 1. The van der Waals surface area contributed by atoms with Gasteiger partial charge in [-0.1, -0.05) is 30.3 Å². The first-order valence-corrected chi connectivity index (χ1v) is 11.8. The lowest BCUT2D eigenvalue weighted by molar-refractivity contribution is -0.116. The van der Waals surface area contributed by atoms with E-state index in [4.69, 9.17) is 0 Å². The SMILES string of the molecule is Cc1ccc(NC(=O)CCCCc2ccc(-c3ccncc3)cc2)cc1C1CCNCC1. The maximum atomic E-state index is 12.5. The molecule has 4 rings (SSSR count). The first-order chi connectivity index (χ1) is 15.7. The van der Waals surface area contributed by atoms with Crippen LogP contribution in [0.5, 0.6) is 0 Å². The van der Waals surface area contributed by atoms with Gasteiger partial charge >= 0.3 is 0 Å². The lowest BCUT2D eigenvalue weighted by atomic mass is 9.87. The molecule has 1 aromatic heterocycles. The van der Waals surface area contributed by atoms with Crippen LogP contribution >= 0.6 is 0 Å². The number of anilines is 1. The maximum absolute atomic E-state index is 12.5. The summed E-state index contributed by atoms with van der Waals surface area (Å²) in [6.07, 6.45) is 9.43. The van der Waals surface area contributed by atoms with Crippen LogP contribution in [0.15, 0.2) is 67.0 Å². The molecule has 1 aliphatic heterocycles.